The topological polar surface area (TPSA) is 69.6 Å². The van der Waals surface area contributed by atoms with Crippen LogP contribution in [0, 0.1) is 5.82 Å². The molecule has 5 nitrogen and oxygen atoms in total. The third-order valence-electron chi connectivity index (χ3n) is 2.32. The number of rotatable bonds is 6. The lowest BCUT2D eigenvalue weighted by Gasteiger charge is -2.15. The van der Waals surface area contributed by atoms with Gasteiger partial charge < -0.3 is 10.4 Å². The Morgan fingerprint density at radius 1 is 1.47 bits per heavy atom. The molecule has 104 valence electrons. The Labute approximate surface area is 115 Å². The van der Waals surface area contributed by atoms with Crippen molar-refractivity contribution in [2.24, 2.45) is 0 Å². The van der Waals surface area contributed by atoms with E-state index >= 15 is 0 Å². The van der Waals surface area contributed by atoms with Crippen molar-refractivity contribution in [3.05, 3.63) is 29.0 Å². The monoisotopic (exact) mass is 288 g/mol. The fourth-order valence-corrected chi connectivity index (χ4v) is 1.57. The highest BCUT2D eigenvalue weighted by Crippen LogP contribution is 2.19. The van der Waals surface area contributed by atoms with E-state index in [1.807, 2.05) is 0 Å². The van der Waals surface area contributed by atoms with E-state index in [1.165, 1.54) is 17.0 Å². The fourth-order valence-electron chi connectivity index (χ4n) is 1.39. The van der Waals surface area contributed by atoms with Crippen LogP contribution in [-0.4, -0.2) is 42.0 Å². The standard InChI is InChI=1S/C12H14ClFN2O3/c1-16(5-4-12(18)19)7-11(17)15-10-6-8(13)2-3-9(10)14/h2-3,6H,4-5,7H2,1H3,(H,15,17)(H,18,19). The number of carbonyl (C=O) groups is 2. The predicted molar refractivity (Wildman–Crippen MR) is 69.8 cm³/mol. The highest BCUT2D eigenvalue weighted by atomic mass is 35.5. The number of likely N-dealkylation sites (N-methyl/N-ethyl adjacent to an activating group) is 1. The van der Waals surface area contributed by atoms with Crippen molar-refractivity contribution in [1.29, 1.82) is 0 Å². The van der Waals surface area contributed by atoms with Gasteiger partial charge in [0.25, 0.3) is 0 Å². The zero-order valence-corrected chi connectivity index (χ0v) is 11.1. The van der Waals surface area contributed by atoms with Crippen LogP contribution in [0.15, 0.2) is 18.2 Å². The molecule has 0 aliphatic rings. The van der Waals surface area contributed by atoms with Crippen LogP contribution in [0.2, 0.25) is 5.02 Å². The molecule has 1 aromatic carbocycles. The zero-order chi connectivity index (χ0) is 14.4. The maximum atomic E-state index is 13.4. The highest BCUT2D eigenvalue weighted by Gasteiger charge is 2.11. The summed E-state index contributed by atoms with van der Waals surface area (Å²) in [6.45, 7) is 0.208. The summed E-state index contributed by atoms with van der Waals surface area (Å²) in [5.74, 6) is -1.95. The number of carbonyl (C=O) groups excluding carboxylic acids is 1. The second-order valence-corrected chi connectivity index (χ2v) is 4.49. The van der Waals surface area contributed by atoms with Gasteiger partial charge in [0.15, 0.2) is 0 Å². The molecule has 1 amide bonds. The minimum absolute atomic E-state index is 0.00383. The summed E-state index contributed by atoms with van der Waals surface area (Å²) >= 11 is 5.70. The molecule has 1 aromatic rings. The molecule has 0 saturated carbocycles. The van der Waals surface area contributed by atoms with E-state index in [1.54, 1.807) is 7.05 Å². The van der Waals surface area contributed by atoms with Crippen molar-refractivity contribution in [3.63, 3.8) is 0 Å². The van der Waals surface area contributed by atoms with Crippen LogP contribution in [0.3, 0.4) is 0 Å². The number of hydrogen-bond acceptors (Lipinski definition) is 3. The minimum atomic E-state index is -0.937. The number of amides is 1. The summed E-state index contributed by atoms with van der Waals surface area (Å²) in [7, 11) is 1.61. The first-order chi connectivity index (χ1) is 8.88. The lowest BCUT2D eigenvalue weighted by Crippen LogP contribution is -2.31. The normalized spacial score (nSPS) is 10.5. The molecule has 0 atom stereocenters. The Kier molecular flexibility index (Phi) is 5.72. The number of nitrogens with one attached hydrogen (secondary N) is 1. The number of benzene rings is 1. The summed E-state index contributed by atoms with van der Waals surface area (Å²) in [6.07, 6.45) is -0.0602. The summed E-state index contributed by atoms with van der Waals surface area (Å²) in [4.78, 5) is 23.5. The van der Waals surface area contributed by atoms with E-state index < -0.39 is 17.7 Å². The fraction of sp³-hybridized carbons (Fsp3) is 0.333. The second kappa shape index (κ2) is 7.06. The number of aliphatic carboxylic acids is 1. The number of anilines is 1. The Morgan fingerprint density at radius 3 is 2.79 bits per heavy atom. The zero-order valence-electron chi connectivity index (χ0n) is 10.3. The quantitative estimate of drug-likeness (QED) is 0.838. The predicted octanol–water partition coefficient (Wildman–Crippen LogP) is 1.82. The molecule has 0 fully saturated rings. The van der Waals surface area contributed by atoms with Gasteiger partial charge in [0, 0.05) is 11.6 Å². The molecule has 1 rings (SSSR count). The minimum Gasteiger partial charge on any atom is -0.481 e. The summed E-state index contributed by atoms with van der Waals surface area (Å²) < 4.78 is 13.4. The average Bonchev–Trinajstić information content (AvgIpc) is 2.31. The molecule has 0 unspecified atom stereocenters. The lowest BCUT2D eigenvalue weighted by molar-refractivity contribution is -0.137. The molecule has 7 heteroatoms. The van der Waals surface area contributed by atoms with Crippen LogP contribution < -0.4 is 5.32 Å². The maximum absolute atomic E-state index is 13.4. The van der Waals surface area contributed by atoms with Crippen molar-refractivity contribution in [3.8, 4) is 0 Å². The molecule has 0 spiro atoms. The van der Waals surface area contributed by atoms with Crippen LogP contribution in [0.4, 0.5) is 10.1 Å². The summed E-state index contributed by atoms with van der Waals surface area (Å²) in [6, 6.07) is 3.85. The third kappa shape index (κ3) is 5.67. The largest absolute Gasteiger partial charge is 0.481 e. The van der Waals surface area contributed by atoms with Gasteiger partial charge >= 0.3 is 5.97 Å². The van der Waals surface area contributed by atoms with Gasteiger partial charge in [-0.05, 0) is 25.2 Å². The van der Waals surface area contributed by atoms with E-state index in [9.17, 15) is 14.0 Å². The van der Waals surface area contributed by atoms with Crippen LogP contribution in [0.1, 0.15) is 6.42 Å². The maximum Gasteiger partial charge on any atom is 0.304 e. The van der Waals surface area contributed by atoms with Crippen LogP contribution in [0.25, 0.3) is 0 Å². The molecule has 0 heterocycles. The smallest absolute Gasteiger partial charge is 0.304 e. The Bertz CT molecular complexity index is 482. The first kappa shape index (κ1) is 15.4. The average molecular weight is 289 g/mol. The van der Waals surface area contributed by atoms with Crippen molar-refractivity contribution in [2.75, 3.05) is 25.5 Å². The molecule has 19 heavy (non-hydrogen) atoms. The van der Waals surface area contributed by atoms with Crippen molar-refractivity contribution in [2.45, 2.75) is 6.42 Å². The van der Waals surface area contributed by atoms with Gasteiger partial charge in [-0.25, -0.2) is 4.39 Å². The number of halogens is 2. The molecule has 0 radical (unpaired) electrons. The molecule has 0 saturated heterocycles. The van der Waals surface area contributed by atoms with Gasteiger partial charge in [-0.15, -0.1) is 0 Å². The molecular weight excluding hydrogens is 275 g/mol. The Balaban J connectivity index is 2.50. The van der Waals surface area contributed by atoms with Crippen LogP contribution in [0.5, 0.6) is 0 Å². The molecule has 0 bridgehead atoms. The number of nitrogens with zero attached hydrogens (tertiary/aromatic N) is 1. The summed E-state index contributed by atoms with van der Waals surface area (Å²) in [5.41, 5.74) is 0.00383. The third-order valence-corrected chi connectivity index (χ3v) is 2.56. The molecule has 2 N–H and O–H groups in total. The van der Waals surface area contributed by atoms with E-state index in [2.05, 4.69) is 5.32 Å². The Hall–Kier alpha value is -1.66. The van der Waals surface area contributed by atoms with Crippen molar-refractivity contribution >= 4 is 29.2 Å². The van der Waals surface area contributed by atoms with Gasteiger partial charge in [0.1, 0.15) is 5.82 Å². The van der Waals surface area contributed by atoms with Gasteiger partial charge in [-0.1, -0.05) is 11.6 Å². The van der Waals surface area contributed by atoms with Gasteiger partial charge in [0.05, 0.1) is 18.7 Å². The summed E-state index contributed by atoms with van der Waals surface area (Å²) in [5, 5.41) is 11.2. The van der Waals surface area contributed by atoms with E-state index in [4.69, 9.17) is 16.7 Å². The molecule has 0 aliphatic carbocycles. The van der Waals surface area contributed by atoms with Gasteiger partial charge in [-0.2, -0.15) is 0 Å². The SMILES string of the molecule is CN(CCC(=O)O)CC(=O)Nc1cc(Cl)ccc1F. The van der Waals surface area contributed by atoms with Crippen molar-refractivity contribution in [1.82, 2.24) is 4.90 Å². The lowest BCUT2D eigenvalue weighted by atomic mass is 10.3. The van der Waals surface area contributed by atoms with Gasteiger partial charge in [-0.3, -0.25) is 14.5 Å². The van der Waals surface area contributed by atoms with Crippen LogP contribution >= 0.6 is 11.6 Å². The van der Waals surface area contributed by atoms with E-state index in [0.717, 1.165) is 6.07 Å². The number of carboxylic acids is 1. The first-order valence-electron chi connectivity index (χ1n) is 5.53. The highest BCUT2D eigenvalue weighted by molar-refractivity contribution is 6.30. The number of carboxylic acid groups (broad SMARTS) is 1. The molecular formula is C12H14ClFN2O3. The first-order valence-corrected chi connectivity index (χ1v) is 5.91. The van der Waals surface area contributed by atoms with Crippen LogP contribution in [-0.2, 0) is 9.59 Å². The van der Waals surface area contributed by atoms with Gasteiger partial charge in [0.2, 0.25) is 5.91 Å². The van der Waals surface area contributed by atoms with E-state index in [0.29, 0.717) is 5.02 Å². The van der Waals surface area contributed by atoms with Crippen molar-refractivity contribution < 1.29 is 19.1 Å². The Morgan fingerprint density at radius 2 is 2.16 bits per heavy atom. The second-order valence-electron chi connectivity index (χ2n) is 4.05. The van der Waals surface area contributed by atoms with E-state index in [-0.39, 0.29) is 25.2 Å². The number of hydrogen-bond donors (Lipinski definition) is 2. The molecule has 0 aromatic heterocycles. The molecule has 0 aliphatic heterocycles.